The molecule has 0 fully saturated rings. The molecule has 0 unspecified atom stereocenters. The molecule has 1 N–H and O–H groups in total. The van der Waals surface area contributed by atoms with E-state index in [1.54, 1.807) is 18.4 Å². The zero-order valence-corrected chi connectivity index (χ0v) is 13.4. The largest absolute Gasteiger partial charge is 0.480 e. The molecule has 0 radical (unpaired) electrons. The minimum Gasteiger partial charge on any atom is -0.480 e. The van der Waals surface area contributed by atoms with Crippen LogP contribution in [0.4, 0.5) is 0 Å². The summed E-state index contributed by atoms with van der Waals surface area (Å²) in [5.74, 6) is 0.667. The third-order valence-electron chi connectivity index (χ3n) is 3.47. The number of nitrogens with one attached hydrogen (secondary N) is 1. The summed E-state index contributed by atoms with van der Waals surface area (Å²) in [5.41, 5.74) is 2.11. The van der Waals surface area contributed by atoms with E-state index in [-0.39, 0.29) is 6.04 Å². The molecular formula is C15H16ClN3OS. The third kappa shape index (κ3) is 2.77. The van der Waals surface area contributed by atoms with Crippen molar-refractivity contribution in [1.29, 1.82) is 0 Å². The third-order valence-corrected chi connectivity index (χ3v) is 4.57. The van der Waals surface area contributed by atoms with Gasteiger partial charge < -0.3 is 10.1 Å². The minimum atomic E-state index is 0.146. The fraction of sp³-hybridized carbons (Fsp3) is 0.267. The number of hydrogen-bond donors (Lipinski definition) is 1. The van der Waals surface area contributed by atoms with Crippen molar-refractivity contribution >= 4 is 27.9 Å². The number of imidazole rings is 1. The lowest BCUT2D eigenvalue weighted by atomic mass is 10.1. The smallest absolute Gasteiger partial charge is 0.237 e. The highest BCUT2D eigenvalue weighted by atomic mass is 35.5. The van der Waals surface area contributed by atoms with E-state index in [1.807, 2.05) is 35.8 Å². The van der Waals surface area contributed by atoms with Crippen molar-refractivity contribution in [2.24, 2.45) is 0 Å². The van der Waals surface area contributed by atoms with Gasteiger partial charge in [-0.1, -0.05) is 29.8 Å². The normalized spacial score (nSPS) is 12.7. The Morgan fingerprint density at radius 1 is 1.43 bits per heavy atom. The Hall–Kier alpha value is -1.56. The molecule has 1 aromatic carbocycles. The average Bonchev–Trinajstić information content (AvgIpc) is 3.06. The fourth-order valence-electron chi connectivity index (χ4n) is 2.32. The molecule has 0 aliphatic rings. The Balaban J connectivity index is 1.80. The highest BCUT2D eigenvalue weighted by Gasteiger charge is 2.15. The second-order valence-corrected chi connectivity index (χ2v) is 6.03. The number of halogens is 1. The molecule has 3 aromatic rings. The van der Waals surface area contributed by atoms with Crippen LogP contribution in [0, 0.1) is 0 Å². The number of hydrogen-bond acceptors (Lipinski definition) is 4. The molecule has 0 saturated heterocycles. The number of fused-ring (bicyclic) bond motifs is 1. The number of nitrogens with zero attached hydrogens (tertiary/aromatic N) is 2. The minimum absolute atomic E-state index is 0.146. The second-order valence-electron chi connectivity index (χ2n) is 4.75. The summed E-state index contributed by atoms with van der Waals surface area (Å²) in [6, 6.07) is 8.02. The van der Waals surface area contributed by atoms with Gasteiger partial charge in [-0.05, 0) is 18.6 Å². The molecule has 0 saturated carbocycles. The zero-order chi connectivity index (χ0) is 14.8. The predicted molar refractivity (Wildman–Crippen MR) is 86.3 cm³/mol. The maximum atomic E-state index is 6.24. The summed E-state index contributed by atoms with van der Waals surface area (Å²) in [5, 5.41) is 6.27. The van der Waals surface area contributed by atoms with Crippen LogP contribution >= 0.6 is 22.9 Å². The van der Waals surface area contributed by atoms with Crippen LogP contribution in [0.1, 0.15) is 24.2 Å². The quantitative estimate of drug-likeness (QED) is 0.774. The van der Waals surface area contributed by atoms with Crippen molar-refractivity contribution in [2.75, 3.05) is 7.11 Å². The van der Waals surface area contributed by atoms with Crippen molar-refractivity contribution in [3.05, 3.63) is 52.1 Å². The highest BCUT2D eigenvalue weighted by molar-refractivity contribution is 7.15. The van der Waals surface area contributed by atoms with Crippen LogP contribution in [0.2, 0.25) is 5.02 Å². The van der Waals surface area contributed by atoms with Crippen LogP contribution in [-0.2, 0) is 6.54 Å². The summed E-state index contributed by atoms with van der Waals surface area (Å²) in [6.45, 7) is 2.76. The Kier molecular flexibility index (Phi) is 4.14. The molecule has 0 spiro atoms. The SMILES string of the molecule is COc1nc2sccn2c1CN[C@@H](C)c1ccccc1Cl. The Morgan fingerprint density at radius 3 is 3.00 bits per heavy atom. The van der Waals surface area contributed by atoms with Crippen LogP contribution in [0.25, 0.3) is 4.96 Å². The lowest BCUT2D eigenvalue weighted by Crippen LogP contribution is -2.19. The lowest BCUT2D eigenvalue weighted by Gasteiger charge is -2.15. The van der Waals surface area contributed by atoms with E-state index < -0.39 is 0 Å². The van der Waals surface area contributed by atoms with Gasteiger partial charge in [-0.2, -0.15) is 4.98 Å². The number of rotatable bonds is 5. The average molecular weight is 322 g/mol. The number of aromatic nitrogens is 2. The Morgan fingerprint density at radius 2 is 2.24 bits per heavy atom. The number of ether oxygens (including phenoxy) is 1. The van der Waals surface area contributed by atoms with E-state index in [1.165, 1.54) is 0 Å². The van der Waals surface area contributed by atoms with Crippen LogP contribution in [0.5, 0.6) is 5.88 Å². The van der Waals surface area contributed by atoms with Gasteiger partial charge in [0.05, 0.1) is 7.11 Å². The van der Waals surface area contributed by atoms with Gasteiger partial charge in [-0.25, -0.2) is 0 Å². The molecule has 2 heterocycles. The first-order valence-electron chi connectivity index (χ1n) is 6.67. The zero-order valence-electron chi connectivity index (χ0n) is 11.8. The molecule has 21 heavy (non-hydrogen) atoms. The van der Waals surface area contributed by atoms with E-state index in [4.69, 9.17) is 16.3 Å². The van der Waals surface area contributed by atoms with Gasteiger partial charge in [-0.3, -0.25) is 4.40 Å². The van der Waals surface area contributed by atoms with E-state index in [9.17, 15) is 0 Å². The second kappa shape index (κ2) is 6.05. The topological polar surface area (TPSA) is 38.6 Å². The van der Waals surface area contributed by atoms with Crippen LogP contribution < -0.4 is 10.1 Å². The van der Waals surface area contributed by atoms with Gasteiger partial charge in [0.15, 0.2) is 4.96 Å². The van der Waals surface area contributed by atoms with Gasteiger partial charge in [0.2, 0.25) is 5.88 Å². The molecule has 0 aliphatic carbocycles. The summed E-state index contributed by atoms with van der Waals surface area (Å²) < 4.78 is 7.41. The molecule has 3 rings (SSSR count). The van der Waals surface area contributed by atoms with Crippen molar-refractivity contribution in [2.45, 2.75) is 19.5 Å². The highest BCUT2D eigenvalue weighted by Crippen LogP contribution is 2.25. The number of methoxy groups -OCH3 is 1. The molecule has 0 amide bonds. The van der Waals surface area contributed by atoms with Gasteiger partial charge in [0, 0.05) is 29.2 Å². The molecule has 0 aliphatic heterocycles. The standard InChI is InChI=1S/C15H16ClN3OS/c1-10(11-5-3-4-6-12(11)16)17-9-13-14(20-2)18-15-19(13)7-8-21-15/h3-8,10,17H,9H2,1-2H3/t10-/m0/s1. The van der Waals surface area contributed by atoms with E-state index in [0.29, 0.717) is 12.4 Å². The van der Waals surface area contributed by atoms with E-state index >= 15 is 0 Å². The first kappa shape index (κ1) is 14.4. The summed E-state index contributed by atoms with van der Waals surface area (Å²) in [6.07, 6.45) is 2.01. The summed E-state index contributed by atoms with van der Waals surface area (Å²) >= 11 is 7.83. The molecule has 2 aromatic heterocycles. The van der Waals surface area contributed by atoms with Gasteiger partial charge in [0.25, 0.3) is 0 Å². The van der Waals surface area contributed by atoms with E-state index in [0.717, 1.165) is 21.2 Å². The molecule has 0 bridgehead atoms. The molecule has 4 nitrogen and oxygen atoms in total. The lowest BCUT2D eigenvalue weighted by molar-refractivity contribution is 0.391. The monoisotopic (exact) mass is 321 g/mol. The molecule has 110 valence electrons. The van der Waals surface area contributed by atoms with Crippen LogP contribution in [0.3, 0.4) is 0 Å². The van der Waals surface area contributed by atoms with Crippen LogP contribution in [0.15, 0.2) is 35.8 Å². The summed E-state index contributed by atoms with van der Waals surface area (Å²) in [4.78, 5) is 5.39. The Labute approximate surface area is 132 Å². The number of benzene rings is 1. The summed E-state index contributed by atoms with van der Waals surface area (Å²) in [7, 11) is 1.65. The predicted octanol–water partition coefficient (Wildman–Crippen LogP) is 3.91. The number of thiazole rings is 1. The molecule has 1 atom stereocenters. The van der Waals surface area contributed by atoms with Crippen molar-refractivity contribution in [3.63, 3.8) is 0 Å². The van der Waals surface area contributed by atoms with Crippen molar-refractivity contribution in [1.82, 2.24) is 14.7 Å². The van der Waals surface area contributed by atoms with E-state index in [2.05, 4.69) is 21.6 Å². The Bertz CT molecular complexity index is 752. The van der Waals surface area contributed by atoms with Crippen molar-refractivity contribution < 1.29 is 4.74 Å². The fourth-order valence-corrected chi connectivity index (χ4v) is 3.35. The van der Waals surface area contributed by atoms with Gasteiger partial charge >= 0.3 is 0 Å². The molecular weight excluding hydrogens is 306 g/mol. The maximum absolute atomic E-state index is 6.24. The molecule has 6 heteroatoms. The first-order chi connectivity index (χ1) is 10.2. The maximum Gasteiger partial charge on any atom is 0.237 e. The first-order valence-corrected chi connectivity index (χ1v) is 7.92. The van der Waals surface area contributed by atoms with Gasteiger partial charge in [0.1, 0.15) is 5.69 Å². The van der Waals surface area contributed by atoms with Crippen molar-refractivity contribution in [3.8, 4) is 5.88 Å². The van der Waals surface area contributed by atoms with Gasteiger partial charge in [-0.15, -0.1) is 11.3 Å². The van der Waals surface area contributed by atoms with Crippen LogP contribution in [-0.4, -0.2) is 16.5 Å².